The highest BCUT2D eigenvalue weighted by Gasteiger charge is 2.51. The third-order valence-electron chi connectivity index (χ3n) is 5.41. The third-order valence-corrected chi connectivity index (χ3v) is 9.37. The van der Waals surface area contributed by atoms with Crippen molar-refractivity contribution in [2.75, 3.05) is 25.2 Å². The highest BCUT2D eigenvalue weighted by molar-refractivity contribution is 7.99. The fraction of sp³-hybridized carbons (Fsp3) is 0.591. The molecule has 5 unspecified atom stereocenters. The number of hydrogen-bond acceptors (Lipinski definition) is 11. The van der Waals surface area contributed by atoms with Crippen molar-refractivity contribution in [3.05, 3.63) is 35.9 Å². The first kappa shape index (κ1) is 34.6. The summed E-state index contributed by atoms with van der Waals surface area (Å²) in [5, 5.41) is 2.30. The summed E-state index contributed by atoms with van der Waals surface area (Å²) in [5.74, 6) is -3.63. The molecule has 0 aliphatic rings. The zero-order valence-corrected chi connectivity index (χ0v) is 24.1. The van der Waals surface area contributed by atoms with Crippen molar-refractivity contribution in [3.63, 3.8) is 0 Å². The number of esters is 1. The number of ether oxygens (including phenoxy) is 3. The normalized spacial score (nSPS) is 17.0. The van der Waals surface area contributed by atoms with Crippen molar-refractivity contribution in [1.82, 2.24) is 5.32 Å². The Hall–Kier alpha value is -2.44. The predicted octanol–water partition coefficient (Wildman–Crippen LogP) is 0.316. The van der Waals surface area contributed by atoms with Gasteiger partial charge in [0, 0.05) is 25.1 Å². The van der Waals surface area contributed by atoms with Crippen LogP contribution in [0.4, 0.5) is 4.79 Å². The molecule has 0 radical (unpaired) electrons. The van der Waals surface area contributed by atoms with Gasteiger partial charge in [-0.3, -0.25) is 9.59 Å². The first-order valence-electron chi connectivity index (χ1n) is 11.6. The van der Waals surface area contributed by atoms with Gasteiger partial charge in [0.1, 0.15) is 16.4 Å². The van der Waals surface area contributed by atoms with Crippen LogP contribution in [0, 0.1) is 5.92 Å². The van der Waals surface area contributed by atoms with Crippen molar-refractivity contribution in [3.8, 4) is 0 Å². The minimum atomic E-state index is -3.57. The van der Waals surface area contributed by atoms with Crippen LogP contribution in [0.3, 0.4) is 0 Å². The van der Waals surface area contributed by atoms with Crippen molar-refractivity contribution in [2.45, 2.75) is 49.5 Å². The van der Waals surface area contributed by atoms with E-state index in [9.17, 15) is 40.3 Å². The Balaban J connectivity index is 3.16. The van der Waals surface area contributed by atoms with E-state index in [1.54, 1.807) is 37.3 Å². The number of carbonyl (C=O) groups is 3. The average Bonchev–Trinajstić information content (AvgIpc) is 2.83. The quantitative estimate of drug-likeness (QED) is 0.112. The molecule has 0 heterocycles. The highest BCUT2D eigenvalue weighted by atomic mass is 32.3. The maximum atomic E-state index is 13.1. The summed E-state index contributed by atoms with van der Waals surface area (Å²) in [4.78, 5) is 36.6. The number of nitrogens with two attached hydrogens (primary N) is 1. The van der Waals surface area contributed by atoms with Crippen molar-refractivity contribution >= 4 is 50.0 Å². The zero-order chi connectivity index (χ0) is 29.8. The molecule has 1 amide bonds. The fourth-order valence-electron chi connectivity index (χ4n) is 3.52. The summed E-state index contributed by atoms with van der Waals surface area (Å²) >= 11 is -6.15. The van der Waals surface area contributed by atoms with E-state index in [4.69, 9.17) is 10.5 Å². The molecule has 39 heavy (non-hydrogen) atoms. The lowest BCUT2D eigenvalue weighted by Gasteiger charge is -2.35. The van der Waals surface area contributed by atoms with Gasteiger partial charge in [-0.2, -0.15) is 0 Å². The van der Waals surface area contributed by atoms with Gasteiger partial charge in [-0.15, -0.1) is 0 Å². The van der Waals surface area contributed by atoms with Gasteiger partial charge in [0.15, 0.2) is 26.2 Å². The topological polar surface area (TPSA) is 226 Å². The van der Waals surface area contributed by atoms with Crippen LogP contribution in [0.1, 0.15) is 32.3 Å². The van der Waals surface area contributed by atoms with Crippen LogP contribution in [0.2, 0.25) is 0 Å². The number of carbonyl (C=O) groups excluding carboxylic acids is 3. The number of amides is 1. The van der Waals surface area contributed by atoms with Gasteiger partial charge in [0.2, 0.25) is 12.2 Å². The molecule has 0 saturated carbocycles. The second-order valence-corrected chi connectivity index (χ2v) is 13.5. The highest BCUT2D eigenvalue weighted by Crippen LogP contribution is 2.33. The zero-order valence-electron chi connectivity index (χ0n) is 21.6. The molecular formula is C22H34N2O12S3. The molecule has 0 aromatic heterocycles. The van der Waals surface area contributed by atoms with Crippen LogP contribution in [0.5, 0.6) is 0 Å². The van der Waals surface area contributed by atoms with Crippen molar-refractivity contribution in [1.29, 1.82) is 0 Å². The first-order chi connectivity index (χ1) is 18.1. The van der Waals surface area contributed by atoms with Gasteiger partial charge >= 0.3 is 12.1 Å². The second kappa shape index (κ2) is 16.0. The van der Waals surface area contributed by atoms with E-state index in [0.29, 0.717) is 5.56 Å². The Kier molecular flexibility index (Phi) is 14.2. The van der Waals surface area contributed by atoms with Crippen LogP contribution in [0.25, 0.3) is 0 Å². The molecule has 0 saturated heterocycles. The third kappa shape index (κ3) is 11.7. The summed E-state index contributed by atoms with van der Waals surface area (Å²) in [6.07, 6.45) is -2.70. The number of benzene rings is 1. The molecule has 14 nitrogen and oxygen atoms in total. The minimum absolute atomic E-state index is 0.0367. The number of hydrogen-bond donors (Lipinski definition) is 4. The molecule has 1 aromatic carbocycles. The molecule has 17 heteroatoms. The van der Waals surface area contributed by atoms with Gasteiger partial charge in [-0.1, -0.05) is 30.3 Å². The maximum absolute atomic E-state index is 13.1. The van der Waals surface area contributed by atoms with E-state index in [2.05, 4.69) is 14.8 Å². The molecule has 0 fully saturated rings. The summed E-state index contributed by atoms with van der Waals surface area (Å²) in [7, 11) is -3.57. The van der Waals surface area contributed by atoms with E-state index in [0.717, 1.165) is 6.26 Å². The molecule has 1 aromatic rings. The standard InChI is InChI=1S/C22H34N2O12S3/c1-4-34-21(27)36-15(2)35-19(25)14-24-20(26)17(12-16-8-6-5-7-9-16)13-22(37(28)29,38(30)31)18(23)10-11-39(3,32)33/h5-9,15,17-18H,4,10-14,23H2,1-3H3,(H,24,26)(H,28,29)(H,30,31). The number of rotatable bonds is 16. The van der Waals surface area contributed by atoms with Crippen LogP contribution >= 0.6 is 0 Å². The van der Waals surface area contributed by atoms with Crippen LogP contribution < -0.4 is 11.1 Å². The summed E-state index contributed by atoms with van der Waals surface area (Å²) in [5.41, 5.74) is 6.60. The minimum Gasteiger partial charge on any atom is -0.435 e. The second-order valence-electron chi connectivity index (χ2n) is 8.50. The van der Waals surface area contributed by atoms with E-state index >= 15 is 0 Å². The summed E-state index contributed by atoms with van der Waals surface area (Å²) in [6, 6.07) is 6.80. The Morgan fingerprint density at radius 2 is 1.69 bits per heavy atom. The van der Waals surface area contributed by atoms with Crippen LogP contribution in [-0.4, -0.2) is 85.5 Å². The molecule has 1 rings (SSSR count). The molecular weight excluding hydrogens is 580 g/mol. The molecule has 222 valence electrons. The molecule has 0 bridgehead atoms. The lowest BCUT2D eigenvalue weighted by Crippen LogP contribution is -2.57. The average molecular weight is 615 g/mol. The van der Waals surface area contributed by atoms with E-state index in [-0.39, 0.29) is 13.0 Å². The summed E-state index contributed by atoms with van der Waals surface area (Å²) < 4.78 is 79.9. The largest absolute Gasteiger partial charge is 0.511 e. The monoisotopic (exact) mass is 614 g/mol. The molecule has 0 spiro atoms. The van der Waals surface area contributed by atoms with Gasteiger partial charge in [-0.25, -0.2) is 21.6 Å². The van der Waals surface area contributed by atoms with E-state index < -0.39 is 97.5 Å². The van der Waals surface area contributed by atoms with Crippen molar-refractivity contribution in [2.24, 2.45) is 11.7 Å². The van der Waals surface area contributed by atoms with Crippen LogP contribution in [0.15, 0.2) is 30.3 Å². The summed E-state index contributed by atoms with van der Waals surface area (Å²) in [6.45, 7) is 2.13. The molecule has 5 N–H and O–H groups in total. The van der Waals surface area contributed by atoms with Gasteiger partial charge in [0.25, 0.3) is 0 Å². The Morgan fingerprint density at radius 1 is 1.10 bits per heavy atom. The SMILES string of the molecule is CCOC(=O)OC(C)OC(=O)CNC(=O)C(Cc1ccccc1)CC(C(N)CCS(C)(=O)=O)(S(=O)O)S(=O)O. The predicted molar refractivity (Wildman–Crippen MR) is 142 cm³/mol. The number of sulfone groups is 1. The van der Waals surface area contributed by atoms with Gasteiger partial charge < -0.3 is 34.4 Å². The Morgan fingerprint density at radius 3 is 2.21 bits per heavy atom. The maximum Gasteiger partial charge on any atom is 0.511 e. The molecule has 5 atom stereocenters. The fourth-order valence-corrected chi connectivity index (χ4v) is 6.13. The molecule has 0 aliphatic heterocycles. The van der Waals surface area contributed by atoms with Gasteiger partial charge in [0.05, 0.1) is 12.4 Å². The lowest BCUT2D eigenvalue weighted by molar-refractivity contribution is -0.167. The van der Waals surface area contributed by atoms with E-state index in [1.165, 1.54) is 6.92 Å². The van der Waals surface area contributed by atoms with Gasteiger partial charge in [-0.05, 0) is 31.7 Å². The molecule has 0 aliphatic carbocycles. The van der Waals surface area contributed by atoms with Crippen molar-refractivity contribution < 1.29 is 54.5 Å². The number of nitrogens with one attached hydrogen (secondary N) is 1. The Bertz CT molecular complexity index is 1120. The Labute approximate surface area is 231 Å². The lowest BCUT2D eigenvalue weighted by atomic mass is 9.91. The first-order valence-corrected chi connectivity index (χ1v) is 15.9. The van der Waals surface area contributed by atoms with Crippen LogP contribution in [-0.2, 0) is 62.2 Å². The smallest absolute Gasteiger partial charge is 0.435 e. The van der Waals surface area contributed by atoms with E-state index in [1.807, 2.05) is 0 Å².